The van der Waals surface area contributed by atoms with E-state index in [4.69, 9.17) is 15.9 Å². The van der Waals surface area contributed by atoms with E-state index in [1.54, 1.807) is 12.1 Å². The molecule has 194 valence electrons. The Kier molecular flexibility index (Phi) is 9.43. The first-order chi connectivity index (χ1) is 19.0. The molecule has 0 aliphatic rings. The van der Waals surface area contributed by atoms with Crippen LogP contribution in [0.2, 0.25) is 0 Å². The number of benzene rings is 5. The normalized spacial score (nSPS) is 11.0. The number of carboxylic acids is 1. The number of carboxylic acid groups (broad SMARTS) is 1. The van der Waals surface area contributed by atoms with Crippen LogP contribution in [0.25, 0.3) is 11.1 Å². The Morgan fingerprint density at radius 1 is 0.538 bits per heavy atom. The molecule has 0 aromatic heterocycles. The van der Waals surface area contributed by atoms with E-state index >= 15 is 0 Å². The first-order valence-electron chi connectivity index (χ1n) is 12.7. The first-order valence-corrected chi connectivity index (χ1v) is 12.7. The third-order valence-corrected chi connectivity index (χ3v) is 6.21. The van der Waals surface area contributed by atoms with Crippen molar-refractivity contribution in [1.29, 1.82) is 0 Å². The van der Waals surface area contributed by atoms with Crippen molar-refractivity contribution in [3.8, 4) is 5.75 Å². The molecule has 5 aromatic carbocycles. The second kappa shape index (κ2) is 13.6. The predicted octanol–water partition coefficient (Wildman–Crippen LogP) is 7.04. The number of nitrogens with two attached hydrogens (primary N) is 1. The van der Waals surface area contributed by atoms with Crippen molar-refractivity contribution in [3.63, 3.8) is 0 Å². The zero-order valence-electron chi connectivity index (χ0n) is 21.5. The summed E-state index contributed by atoms with van der Waals surface area (Å²) in [6, 6.07) is 48.0. The van der Waals surface area contributed by atoms with Crippen LogP contribution in [-0.4, -0.2) is 22.2 Å². The van der Waals surface area contributed by atoms with Crippen LogP contribution in [0.1, 0.15) is 27.8 Å². The summed E-state index contributed by atoms with van der Waals surface area (Å²) in [5.41, 5.74) is 13.5. The summed E-state index contributed by atoms with van der Waals surface area (Å²) >= 11 is 0. The molecular weight excluding hydrogens is 482 g/mol. The SMILES string of the molecule is NC(Cc1ccc(O)cc1)C(=O)O.c1ccc(C(=C(c2ccccc2)c2ccccc2)c2ccccc2)cc1. The van der Waals surface area contributed by atoms with Gasteiger partial charge in [0.15, 0.2) is 0 Å². The zero-order chi connectivity index (χ0) is 27.5. The molecule has 39 heavy (non-hydrogen) atoms. The average Bonchev–Trinajstić information content (AvgIpc) is 2.99. The number of aliphatic carboxylic acids is 1. The summed E-state index contributed by atoms with van der Waals surface area (Å²) in [6.45, 7) is 0. The van der Waals surface area contributed by atoms with Gasteiger partial charge in [0, 0.05) is 0 Å². The van der Waals surface area contributed by atoms with E-state index in [9.17, 15) is 4.79 Å². The molecular formula is C35H31NO3. The van der Waals surface area contributed by atoms with Gasteiger partial charge in [-0.2, -0.15) is 0 Å². The minimum atomic E-state index is -1.02. The van der Waals surface area contributed by atoms with Gasteiger partial charge in [0.2, 0.25) is 0 Å². The number of phenols is 1. The van der Waals surface area contributed by atoms with Crippen LogP contribution in [0.4, 0.5) is 0 Å². The van der Waals surface area contributed by atoms with Gasteiger partial charge in [-0.15, -0.1) is 0 Å². The van der Waals surface area contributed by atoms with E-state index in [1.165, 1.54) is 45.5 Å². The number of carbonyl (C=O) groups is 1. The molecule has 0 fully saturated rings. The lowest BCUT2D eigenvalue weighted by molar-refractivity contribution is -0.138. The van der Waals surface area contributed by atoms with Crippen molar-refractivity contribution in [3.05, 3.63) is 173 Å². The molecule has 0 radical (unpaired) electrons. The lowest BCUT2D eigenvalue weighted by Gasteiger charge is -2.18. The van der Waals surface area contributed by atoms with Crippen LogP contribution >= 0.6 is 0 Å². The quantitative estimate of drug-likeness (QED) is 0.204. The maximum Gasteiger partial charge on any atom is 0.320 e. The van der Waals surface area contributed by atoms with Crippen molar-refractivity contribution < 1.29 is 15.0 Å². The second-order valence-electron chi connectivity index (χ2n) is 9.03. The summed E-state index contributed by atoms with van der Waals surface area (Å²) in [5.74, 6) is -0.860. The van der Waals surface area contributed by atoms with Gasteiger partial charge in [0.05, 0.1) is 0 Å². The molecule has 0 aliphatic heterocycles. The standard InChI is InChI=1S/C26H20.C9H11NO3/c1-5-13-21(14-6-1)25(22-15-7-2-8-16-22)26(23-17-9-3-10-18-23)24-19-11-4-12-20-24;10-8(9(12)13)5-6-1-3-7(11)4-2-6/h1-20H;1-4,8,11H,5,10H2,(H,12,13). The summed E-state index contributed by atoms with van der Waals surface area (Å²) in [4.78, 5) is 10.4. The molecule has 1 unspecified atom stereocenters. The van der Waals surface area contributed by atoms with Gasteiger partial charge in [0.25, 0.3) is 0 Å². The maximum absolute atomic E-state index is 10.4. The molecule has 4 N–H and O–H groups in total. The van der Waals surface area contributed by atoms with Gasteiger partial charge >= 0.3 is 5.97 Å². The minimum Gasteiger partial charge on any atom is -0.508 e. The van der Waals surface area contributed by atoms with Crippen molar-refractivity contribution in [2.75, 3.05) is 0 Å². The van der Waals surface area contributed by atoms with E-state index in [2.05, 4.69) is 121 Å². The van der Waals surface area contributed by atoms with Gasteiger partial charge in [-0.1, -0.05) is 133 Å². The fraction of sp³-hybridized carbons (Fsp3) is 0.0571. The number of aromatic hydroxyl groups is 1. The Morgan fingerprint density at radius 2 is 0.846 bits per heavy atom. The Hall–Kier alpha value is -4.93. The van der Waals surface area contributed by atoms with Crippen molar-refractivity contribution >= 4 is 17.1 Å². The number of phenolic OH excluding ortho intramolecular Hbond substituents is 1. The van der Waals surface area contributed by atoms with Crippen molar-refractivity contribution in [2.24, 2.45) is 5.73 Å². The number of hydrogen-bond donors (Lipinski definition) is 3. The Bertz CT molecular complexity index is 1310. The summed E-state index contributed by atoms with van der Waals surface area (Å²) in [5, 5.41) is 17.5. The fourth-order valence-electron chi connectivity index (χ4n) is 4.30. The lowest BCUT2D eigenvalue weighted by Crippen LogP contribution is -2.32. The van der Waals surface area contributed by atoms with Gasteiger partial charge in [-0.05, 0) is 57.5 Å². The fourth-order valence-corrected chi connectivity index (χ4v) is 4.30. The van der Waals surface area contributed by atoms with Gasteiger partial charge < -0.3 is 15.9 Å². The highest BCUT2D eigenvalue weighted by Crippen LogP contribution is 2.36. The smallest absolute Gasteiger partial charge is 0.320 e. The Labute approximate surface area is 229 Å². The second-order valence-corrected chi connectivity index (χ2v) is 9.03. The summed E-state index contributed by atoms with van der Waals surface area (Å²) < 4.78 is 0. The van der Waals surface area contributed by atoms with E-state index < -0.39 is 12.0 Å². The highest BCUT2D eigenvalue weighted by atomic mass is 16.4. The summed E-state index contributed by atoms with van der Waals surface area (Å²) in [7, 11) is 0. The molecule has 4 nitrogen and oxygen atoms in total. The molecule has 0 heterocycles. The van der Waals surface area contributed by atoms with Crippen LogP contribution < -0.4 is 5.73 Å². The predicted molar refractivity (Wildman–Crippen MR) is 158 cm³/mol. The van der Waals surface area contributed by atoms with Crippen LogP contribution in [0.3, 0.4) is 0 Å². The van der Waals surface area contributed by atoms with Crippen molar-refractivity contribution in [2.45, 2.75) is 12.5 Å². The molecule has 0 saturated heterocycles. The first kappa shape index (κ1) is 27.1. The van der Waals surface area contributed by atoms with E-state index in [-0.39, 0.29) is 12.2 Å². The molecule has 5 aromatic rings. The monoisotopic (exact) mass is 513 g/mol. The molecule has 0 bridgehead atoms. The lowest BCUT2D eigenvalue weighted by atomic mass is 9.86. The summed E-state index contributed by atoms with van der Waals surface area (Å²) in [6.07, 6.45) is 0.273. The van der Waals surface area contributed by atoms with E-state index in [0.29, 0.717) is 0 Å². The van der Waals surface area contributed by atoms with Crippen molar-refractivity contribution in [1.82, 2.24) is 0 Å². The van der Waals surface area contributed by atoms with Gasteiger partial charge in [0.1, 0.15) is 11.8 Å². The zero-order valence-corrected chi connectivity index (χ0v) is 21.5. The molecule has 0 aliphatic carbocycles. The average molecular weight is 514 g/mol. The highest BCUT2D eigenvalue weighted by molar-refractivity contribution is 6.04. The van der Waals surface area contributed by atoms with Crippen LogP contribution in [0.15, 0.2) is 146 Å². The largest absolute Gasteiger partial charge is 0.508 e. The number of hydrogen-bond acceptors (Lipinski definition) is 3. The maximum atomic E-state index is 10.4. The van der Waals surface area contributed by atoms with Crippen LogP contribution in [-0.2, 0) is 11.2 Å². The third-order valence-electron chi connectivity index (χ3n) is 6.21. The molecule has 0 amide bonds. The molecule has 0 spiro atoms. The highest BCUT2D eigenvalue weighted by Gasteiger charge is 2.15. The molecule has 4 heteroatoms. The third kappa shape index (κ3) is 7.54. The van der Waals surface area contributed by atoms with E-state index in [1.807, 2.05) is 0 Å². The Balaban J connectivity index is 0.000000229. The molecule has 1 atom stereocenters. The molecule has 0 saturated carbocycles. The van der Waals surface area contributed by atoms with E-state index in [0.717, 1.165) is 5.56 Å². The Morgan fingerprint density at radius 3 is 1.13 bits per heavy atom. The van der Waals surface area contributed by atoms with Gasteiger partial charge in [-0.3, -0.25) is 4.79 Å². The molecule has 5 rings (SSSR count). The topological polar surface area (TPSA) is 83.5 Å². The van der Waals surface area contributed by atoms with Crippen LogP contribution in [0.5, 0.6) is 5.75 Å². The van der Waals surface area contributed by atoms with Crippen LogP contribution in [0, 0.1) is 0 Å². The van der Waals surface area contributed by atoms with Gasteiger partial charge in [-0.25, -0.2) is 0 Å². The minimum absolute atomic E-state index is 0.160. The number of rotatable bonds is 7.